The highest BCUT2D eigenvalue weighted by atomic mass is 16.2. The van der Waals surface area contributed by atoms with Gasteiger partial charge in [0.1, 0.15) is 0 Å². The van der Waals surface area contributed by atoms with Crippen molar-refractivity contribution < 1.29 is 9.59 Å². The van der Waals surface area contributed by atoms with Crippen LogP contribution in [0, 0.1) is 12.8 Å². The number of carbonyl (C=O) groups is 2. The molecule has 0 saturated carbocycles. The molecule has 2 heterocycles. The van der Waals surface area contributed by atoms with Gasteiger partial charge in [0.2, 0.25) is 11.8 Å². The summed E-state index contributed by atoms with van der Waals surface area (Å²) in [5, 5.41) is 3.00. The third-order valence-electron chi connectivity index (χ3n) is 4.75. The molecule has 0 aliphatic carbocycles. The summed E-state index contributed by atoms with van der Waals surface area (Å²) in [4.78, 5) is 27.6. The van der Waals surface area contributed by atoms with Crippen LogP contribution in [0.4, 0.5) is 5.69 Å². The Morgan fingerprint density at radius 1 is 1.35 bits per heavy atom. The molecule has 0 bridgehead atoms. The van der Waals surface area contributed by atoms with Gasteiger partial charge in [0, 0.05) is 38.3 Å². The summed E-state index contributed by atoms with van der Waals surface area (Å²) < 4.78 is 0. The van der Waals surface area contributed by atoms with Gasteiger partial charge in [0.25, 0.3) is 0 Å². The van der Waals surface area contributed by atoms with Crippen molar-refractivity contribution in [1.29, 1.82) is 0 Å². The molecule has 5 heteroatoms. The third-order valence-corrected chi connectivity index (χ3v) is 4.75. The zero-order valence-corrected chi connectivity index (χ0v) is 13.8. The zero-order valence-electron chi connectivity index (χ0n) is 13.8. The Labute approximate surface area is 137 Å². The van der Waals surface area contributed by atoms with Crippen LogP contribution in [0.1, 0.15) is 24.8 Å². The molecule has 0 radical (unpaired) electrons. The van der Waals surface area contributed by atoms with Gasteiger partial charge in [0.15, 0.2) is 0 Å². The molecule has 3 rings (SSSR count). The quantitative estimate of drug-likeness (QED) is 0.897. The monoisotopic (exact) mass is 315 g/mol. The van der Waals surface area contributed by atoms with E-state index >= 15 is 0 Å². The molecule has 1 aromatic rings. The third kappa shape index (κ3) is 4.03. The smallest absolute Gasteiger partial charge is 0.239 e. The topological polar surface area (TPSA) is 52.7 Å². The number of nitrogens with zero attached hydrogens (tertiary/aromatic N) is 2. The minimum absolute atomic E-state index is 0.0331. The molecule has 2 aliphatic heterocycles. The van der Waals surface area contributed by atoms with Gasteiger partial charge in [0.05, 0.1) is 6.54 Å². The van der Waals surface area contributed by atoms with Gasteiger partial charge in [-0.25, -0.2) is 0 Å². The van der Waals surface area contributed by atoms with E-state index in [4.69, 9.17) is 0 Å². The fourth-order valence-corrected chi connectivity index (χ4v) is 3.42. The molecular formula is C18H25N3O2. The van der Waals surface area contributed by atoms with Crippen LogP contribution in [-0.2, 0) is 9.59 Å². The highest BCUT2D eigenvalue weighted by Gasteiger charge is 2.25. The number of amides is 2. The second kappa shape index (κ2) is 7.02. The lowest BCUT2D eigenvalue weighted by Gasteiger charge is -2.20. The van der Waals surface area contributed by atoms with Crippen molar-refractivity contribution in [1.82, 2.24) is 10.2 Å². The molecule has 23 heavy (non-hydrogen) atoms. The molecule has 0 aromatic heterocycles. The fourth-order valence-electron chi connectivity index (χ4n) is 3.42. The number of benzene rings is 1. The summed E-state index contributed by atoms with van der Waals surface area (Å²) in [6, 6.07) is 8.55. The lowest BCUT2D eigenvalue weighted by molar-refractivity contribution is -0.133. The molecule has 0 spiro atoms. The van der Waals surface area contributed by atoms with Crippen molar-refractivity contribution in [3.63, 3.8) is 0 Å². The van der Waals surface area contributed by atoms with Crippen LogP contribution in [-0.4, -0.2) is 49.4 Å². The summed E-state index contributed by atoms with van der Waals surface area (Å²) in [6.45, 7) is 5.76. The predicted molar refractivity (Wildman–Crippen MR) is 90.3 cm³/mol. The molecular weight excluding hydrogens is 290 g/mol. The predicted octanol–water partition coefficient (Wildman–Crippen LogP) is 1.56. The van der Waals surface area contributed by atoms with Crippen molar-refractivity contribution in [2.24, 2.45) is 5.92 Å². The van der Waals surface area contributed by atoms with Crippen LogP contribution in [0.5, 0.6) is 0 Å². The number of carbonyl (C=O) groups excluding carboxylic acids is 2. The van der Waals surface area contributed by atoms with E-state index in [2.05, 4.69) is 41.4 Å². The summed E-state index contributed by atoms with van der Waals surface area (Å²) >= 11 is 0. The van der Waals surface area contributed by atoms with Crippen molar-refractivity contribution in [2.75, 3.05) is 37.6 Å². The maximum atomic E-state index is 12.0. The Morgan fingerprint density at radius 3 is 2.96 bits per heavy atom. The molecule has 2 saturated heterocycles. The number of likely N-dealkylation sites (tertiary alicyclic amines) is 1. The van der Waals surface area contributed by atoms with Gasteiger partial charge in [-0.15, -0.1) is 0 Å². The molecule has 1 N–H and O–H groups in total. The van der Waals surface area contributed by atoms with E-state index < -0.39 is 0 Å². The minimum atomic E-state index is -0.0331. The van der Waals surface area contributed by atoms with Crippen molar-refractivity contribution >= 4 is 17.5 Å². The molecule has 2 amide bonds. The molecule has 1 atom stereocenters. The van der Waals surface area contributed by atoms with E-state index in [9.17, 15) is 9.59 Å². The van der Waals surface area contributed by atoms with Crippen LogP contribution < -0.4 is 10.2 Å². The number of nitrogens with one attached hydrogen (secondary N) is 1. The van der Waals surface area contributed by atoms with E-state index in [1.165, 1.54) is 11.3 Å². The van der Waals surface area contributed by atoms with Crippen LogP contribution in [0.3, 0.4) is 0 Å². The molecule has 2 aliphatic rings. The Kier molecular flexibility index (Phi) is 4.84. The summed E-state index contributed by atoms with van der Waals surface area (Å²) in [5.74, 6) is 0.551. The largest absolute Gasteiger partial charge is 0.371 e. The molecule has 2 fully saturated rings. The first-order valence-corrected chi connectivity index (χ1v) is 8.48. The maximum Gasteiger partial charge on any atom is 0.239 e. The summed E-state index contributed by atoms with van der Waals surface area (Å²) in [6.07, 6.45) is 2.55. The second-order valence-corrected chi connectivity index (χ2v) is 6.66. The first-order chi connectivity index (χ1) is 11.1. The first kappa shape index (κ1) is 15.8. The van der Waals surface area contributed by atoms with Gasteiger partial charge in [-0.05, 0) is 43.4 Å². The highest BCUT2D eigenvalue weighted by molar-refractivity contribution is 5.85. The van der Waals surface area contributed by atoms with Crippen molar-refractivity contribution in [2.45, 2.75) is 26.2 Å². The first-order valence-electron chi connectivity index (χ1n) is 8.48. The number of hydrogen-bond donors (Lipinski definition) is 1. The van der Waals surface area contributed by atoms with E-state index in [0.717, 1.165) is 32.5 Å². The highest BCUT2D eigenvalue weighted by Crippen LogP contribution is 2.24. The van der Waals surface area contributed by atoms with Gasteiger partial charge in [-0.3, -0.25) is 9.59 Å². The zero-order chi connectivity index (χ0) is 16.2. The second-order valence-electron chi connectivity index (χ2n) is 6.66. The van der Waals surface area contributed by atoms with E-state index in [-0.39, 0.29) is 18.4 Å². The Morgan fingerprint density at radius 2 is 2.22 bits per heavy atom. The summed E-state index contributed by atoms with van der Waals surface area (Å²) in [7, 11) is 0. The Balaban J connectivity index is 1.43. The number of hydrogen-bond acceptors (Lipinski definition) is 3. The average Bonchev–Trinajstić information content (AvgIpc) is 3.15. The van der Waals surface area contributed by atoms with Crippen molar-refractivity contribution in [3.05, 3.63) is 29.8 Å². The average molecular weight is 315 g/mol. The van der Waals surface area contributed by atoms with E-state index in [1.807, 2.05) is 0 Å². The van der Waals surface area contributed by atoms with Gasteiger partial charge >= 0.3 is 0 Å². The van der Waals surface area contributed by atoms with Gasteiger partial charge in [-0.1, -0.05) is 12.1 Å². The number of rotatable bonds is 5. The molecule has 124 valence electrons. The molecule has 0 unspecified atom stereocenters. The van der Waals surface area contributed by atoms with E-state index in [1.54, 1.807) is 4.90 Å². The van der Waals surface area contributed by atoms with Crippen LogP contribution in [0.2, 0.25) is 0 Å². The minimum Gasteiger partial charge on any atom is -0.371 e. The van der Waals surface area contributed by atoms with Gasteiger partial charge < -0.3 is 15.1 Å². The summed E-state index contributed by atoms with van der Waals surface area (Å²) in [5.41, 5.74) is 2.54. The Hall–Kier alpha value is -2.04. The van der Waals surface area contributed by atoms with Gasteiger partial charge in [-0.2, -0.15) is 0 Å². The van der Waals surface area contributed by atoms with Crippen LogP contribution in [0.15, 0.2) is 24.3 Å². The van der Waals surface area contributed by atoms with Crippen LogP contribution in [0.25, 0.3) is 0 Å². The maximum absolute atomic E-state index is 12.0. The molecule has 5 nitrogen and oxygen atoms in total. The standard InChI is InChI=1S/C18H25N3O2/c1-14-4-2-5-16(10-14)20-9-7-15(12-20)11-19-17(22)13-21-8-3-6-18(21)23/h2,4-5,10,15H,3,6-9,11-13H2,1H3,(H,19,22)/t15-/m0/s1. The number of aryl methyl sites for hydroxylation is 1. The van der Waals surface area contributed by atoms with Crippen LogP contribution >= 0.6 is 0 Å². The van der Waals surface area contributed by atoms with Crippen molar-refractivity contribution in [3.8, 4) is 0 Å². The van der Waals surface area contributed by atoms with E-state index in [0.29, 0.717) is 18.9 Å². The number of anilines is 1. The fraction of sp³-hybridized carbons (Fsp3) is 0.556. The Bertz CT molecular complexity index is 587. The lowest BCUT2D eigenvalue weighted by atomic mass is 10.1. The lowest BCUT2D eigenvalue weighted by Crippen LogP contribution is -2.40. The SMILES string of the molecule is Cc1cccc(N2CC[C@@H](CNC(=O)CN3CCCC3=O)C2)c1. The molecule has 1 aromatic carbocycles. The normalized spacial score (nSPS) is 21.1.